The van der Waals surface area contributed by atoms with Crippen molar-refractivity contribution in [3.63, 3.8) is 0 Å². The van der Waals surface area contributed by atoms with Crippen LogP contribution in [0.1, 0.15) is 35.9 Å². The topological polar surface area (TPSA) is 90.6 Å². The van der Waals surface area contributed by atoms with Crippen molar-refractivity contribution in [2.24, 2.45) is 0 Å². The third kappa shape index (κ3) is 2.65. The fourth-order valence-electron chi connectivity index (χ4n) is 1.46. The third-order valence-electron chi connectivity index (χ3n) is 2.47. The molecule has 0 aliphatic carbocycles. The van der Waals surface area contributed by atoms with Gasteiger partial charge in [-0.05, 0) is 12.0 Å². The lowest BCUT2D eigenvalue weighted by Gasteiger charge is -2.00. The molecule has 2 rings (SSSR count). The number of H-pyrrole nitrogens is 2. The average Bonchev–Trinajstić information content (AvgIpc) is 2.77. The first-order chi connectivity index (χ1) is 8.56. The fraction of sp³-hybridized carbons (Fsp3) is 0.250. The van der Waals surface area contributed by atoms with Crippen LogP contribution >= 0.6 is 0 Å². The van der Waals surface area contributed by atoms with E-state index >= 15 is 0 Å². The maximum Gasteiger partial charge on any atom is 0.273 e. The highest BCUT2D eigenvalue weighted by Gasteiger charge is 2.10. The normalized spacial score (nSPS) is 10.6. The largest absolute Gasteiger partial charge is 0.318 e. The molecule has 6 heteroatoms. The van der Waals surface area contributed by atoms with E-state index < -0.39 is 5.91 Å². The molecule has 18 heavy (non-hydrogen) atoms. The highest BCUT2D eigenvalue weighted by Crippen LogP contribution is 2.14. The van der Waals surface area contributed by atoms with Crippen LogP contribution in [0.4, 0.5) is 5.82 Å². The molecule has 2 aromatic heterocycles. The number of aromatic nitrogens is 3. The third-order valence-corrected chi connectivity index (χ3v) is 2.47. The minimum absolute atomic E-state index is 0.205. The zero-order chi connectivity index (χ0) is 13.1. The van der Waals surface area contributed by atoms with E-state index in [1.165, 1.54) is 18.2 Å². The lowest BCUT2D eigenvalue weighted by atomic mass is 10.1. The van der Waals surface area contributed by atoms with Gasteiger partial charge in [-0.1, -0.05) is 19.9 Å². The molecule has 0 bridgehead atoms. The number of aromatic amines is 2. The van der Waals surface area contributed by atoms with Crippen LogP contribution in [0.15, 0.2) is 29.1 Å². The van der Waals surface area contributed by atoms with Crippen LogP contribution < -0.4 is 10.9 Å². The molecule has 0 radical (unpaired) electrons. The second-order valence-electron chi connectivity index (χ2n) is 4.25. The van der Waals surface area contributed by atoms with Crippen LogP contribution in [0, 0.1) is 0 Å². The minimum atomic E-state index is -0.394. The Morgan fingerprint density at radius 2 is 2.17 bits per heavy atom. The first-order valence-electron chi connectivity index (χ1n) is 5.62. The van der Waals surface area contributed by atoms with Gasteiger partial charge in [0.2, 0.25) is 5.56 Å². The predicted octanol–water partition coefficient (Wildman–Crippen LogP) is 1.47. The number of hydrogen-bond acceptors (Lipinski definition) is 3. The Balaban J connectivity index is 2.13. The second kappa shape index (κ2) is 4.87. The van der Waals surface area contributed by atoms with E-state index in [1.807, 2.05) is 13.8 Å². The van der Waals surface area contributed by atoms with Crippen molar-refractivity contribution in [1.82, 2.24) is 15.2 Å². The molecule has 0 saturated heterocycles. The van der Waals surface area contributed by atoms with Crippen molar-refractivity contribution >= 4 is 11.7 Å². The molecule has 0 spiro atoms. The van der Waals surface area contributed by atoms with E-state index in [9.17, 15) is 9.59 Å². The van der Waals surface area contributed by atoms with Gasteiger partial charge in [-0.25, -0.2) is 0 Å². The Morgan fingerprint density at radius 1 is 1.39 bits per heavy atom. The Kier molecular flexibility index (Phi) is 3.27. The van der Waals surface area contributed by atoms with Gasteiger partial charge in [0.05, 0.1) is 0 Å². The maximum absolute atomic E-state index is 11.8. The summed E-state index contributed by atoms with van der Waals surface area (Å²) in [5.74, 6) is 0.350. The quantitative estimate of drug-likeness (QED) is 0.766. The number of rotatable bonds is 3. The molecule has 94 valence electrons. The molecular formula is C12H14N4O2. The summed E-state index contributed by atoms with van der Waals surface area (Å²) in [5, 5.41) is 9.42. The summed E-state index contributed by atoms with van der Waals surface area (Å²) in [6, 6.07) is 6.18. The molecule has 2 heterocycles. The molecule has 0 unspecified atom stereocenters. The van der Waals surface area contributed by atoms with Gasteiger partial charge in [0.1, 0.15) is 5.69 Å². The smallest absolute Gasteiger partial charge is 0.273 e. The summed E-state index contributed by atoms with van der Waals surface area (Å²) < 4.78 is 0. The highest BCUT2D eigenvalue weighted by molar-refractivity contribution is 6.02. The predicted molar refractivity (Wildman–Crippen MR) is 67.7 cm³/mol. The van der Waals surface area contributed by atoms with Gasteiger partial charge < -0.3 is 10.3 Å². The number of pyridine rings is 1. The number of amides is 1. The molecule has 0 aromatic carbocycles. The molecule has 3 N–H and O–H groups in total. The average molecular weight is 246 g/mol. The van der Waals surface area contributed by atoms with Crippen LogP contribution in [-0.4, -0.2) is 21.1 Å². The van der Waals surface area contributed by atoms with E-state index in [4.69, 9.17) is 0 Å². The van der Waals surface area contributed by atoms with Crippen molar-refractivity contribution in [3.05, 3.63) is 46.0 Å². The number of nitrogens with zero attached hydrogens (tertiary/aromatic N) is 1. The monoisotopic (exact) mass is 246 g/mol. The summed E-state index contributed by atoms with van der Waals surface area (Å²) in [5.41, 5.74) is 0.830. The fourth-order valence-corrected chi connectivity index (χ4v) is 1.46. The van der Waals surface area contributed by atoms with Gasteiger partial charge >= 0.3 is 0 Å². The number of hydrogen-bond donors (Lipinski definition) is 3. The van der Waals surface area contributed by atoms with E-state index in [2.05, 4.69) is 20.5 Å². The lowest BCUT2D eigenvalue weighted by Crippen LogP contribution is -2.18. The minimum Gasteiger partial charge on any atom is -0.318 e. The van der Waals surface area contributed by atoms with Gasteiger partial charge in [0.15, 0.2) is 5.82 Å². The van der Waals surface area contributed by atoms with E-state index in [1.54, 1.807) is 6.07 Å². The molecule has 0 aliphatic heterocycles. The van der Waals surface area contributed by atoms with E-state index in [0.29, 0.717) is 11.7 Å². The molecule has 1 amide bonds. The molecule has 0 fully saturated rings. The Hall–Kier alpha value is -2.37. The van der Waals surface area contributed by atoms with Crippen molar-refractivity contribution in [2.75, 3.05) is 5.32 Å². The Morgan fingerprint density at radius 3 is 2.78 bits per heavy atom. The van der Waals surface area contributed by atoms with Gasteiger partial charge in [-0.3, -0.25) is 14.7 Å². The van der Waals surface area contributed by atoms with Crippen molar-refractivity contribution in [2.45, 2.75) is 19.8 Å². The highest BCUT2D eigenvalue weighted by atomic mass is 16.2. The van der Waals surface area contributed by atoms with Crippen LogP contribution in [0.25, 0.3) is 0 Å². The van der Waals surface area contributed by atoms with Gasteiger partial charge in [0.25, 0.3) is 5.91 Å². The van der Waals surface area contributed by atoms with E-state index in [-0.39, 0.29) is 11.3 Å². The Labute approximate surface area is 103 Å². The SMILES string of the molecule is CC(C)c1cc(NC(=O)c2cccc(=O)[nH]2)n[nH]1. The molecule has 0 saturated carbocycles. The number of carbonyl (C=O) groups excluding carboxylic acids is 1. The number of nitrogens with one attached hydrogen (secondary N) is 3. The van der Waals surface area contributed by atoms with Gasteiger partial charge in [-0.2, -0.15) is 5.10 Å². The summed E-state index contributed by atoms with van der Waals surface area (Å²) in [7, 11) is 0. The van der Waals surface area contributed by atoms with Gasteiger partial charge in [-0.15, -0.1) is 0 Å². The summed E-state index contributed by atoms with van der Waals surface area (Å²) in [6.07, 6.45) is 0. The zero-order valence-corrected chi connectivity index (χ0v) is 10.2. The summed E-state index contributed by atoms with van der Waals surface area (Å²) >= 11 is 0. The maximum atomic E-state index is 11.8. The second-order valence-corrected chi connectivity index (χ2v) is 4.25. The molecule has 0 atom stereocenters. The first-order valence-corrected chi connectivity index (χ1v) is 5.62. The van der Waals surface area contributed by atoms with Crippen molar-refractivity contribution in [1.29, 1.82) is 0 Å². The van der Waals surface area contributed by atoms with E-state index in [0.717, 1.165) is 5.69 Å². The van der Waals surface area contributed by atoms with Crippen LogP contribution in [0.3, 0.4) is 0 Å². The summed E-state index contributed by atoms with van der Waals surface area (Å²) in [6.45, 7) is 4.04. The molecule has 0 aliphatic rings. The standard InChI is InChI=1S/C12H14N4O2/c1-7(2)9-6-10(16-15-9)14-12(18)8-4-3-5-11(17)13-8/h3-7H,1-2H3,(H,13,17)(H2,14,15,16,18). The van der Waals surface area contributed by atoms with Crippen LogP contribution in [0.2, 0.25) is 0 Å². The zero-order valence-electron chi connectivity index (χ0n) is 10.2. The number of anilines is 1. The lowest BCUT2D eigenvalue weighted by molar-refractivity contribution is 0.102. The molecular weight excluding hydrogens is 232 g/mol. The molecule has 2 aromatic rings. The van der Waals surface area contributed by atoms with Crippen molar-refractivity contribution in [3.8, 4) is 0 Å². The molecule has 6 nitrogen and oxygen atoms in total. The van der Waals surface area contributed by atoms with Crippen LogP contribution in [-0.2, 0) is 0 Å². The first kappa shape index (κ1) is 12.1. The number of carbonyl (C=O) groups is 1. The van der Waals surface area contributed by atoms with Crippen molar-refractivity contribution < 1.29 is 4.79 Å². The Bertz CT molecular complexity index is 612. The summed E-state index contributed by atoms with van der Waals surface area (Å²) in [4.78, 5) is 25.3. The van der Waals surface area contributed by atoms with Crippen LogP contribution in [0.5, 0.6) is 0 Å². The van der Waals surface area contributed by atoms with Gasteiger partial charge in [0, 0.05) is 17.8 Å².